The van der Waals surface area contributed by atoms with E-state index in [0.717, 1.165) is 45.4 Å². The fraction of sp³-hybridized carbons (Fsp3) is 0.524. The average molecular weight is 437 g/mol. The number of aliphatic hydroxyl groups excluding tert-OH is 1. The van der Waals surface area contributed by atoms with Gasteiger partial charge in [-0.3, -0.25) is 14.3 Å². The maximum atomic E-state index is 12.9. The Morgan fingerprint density at radius 3 is 2.55 bits per heavy atom. The first-order valence-electron chi connectivity index (χ1n) is 10.0. The molecule has 1 N–H and O–H groups in total. The molecule has 0 bridgehead atoms. The van der Waals surface area contributed by atoms with Gasteiger partial charge in [0.2, 0.25) is 0 Å². The lowest BCUT2D eigenvalue weighted by Crippen LogP contribution is -2.53. The molecule has 4 rings (SSSR count). The Labute approximate surface area is 180 Å². The van der Waals surface area contributed by atoms with Gasteiger partial charge in [-0.2, -0.15) is 0 Å². The minimum absolute atomic E-state index is 0.0896. The number of aromatic nitrogens is 2. The fourth-order valence-electron chi connectivity index (χ4n) is 4.47. The Morgan fingerprint density at radius 2 is 1.93 bits per heavy atom. The molecule has 1 aromatic heterocycles. The van der Waals surface area contributed by atoms with Crippen LogP contribution in [0, 0.1) is 6.92 Å². The smallest absolute Gasteiger partial charge is 0.260 e. The number of hydrogen-bond donors (Lipinski definition) is 1. The Hall–Kier alpha value is -1.60. The molecular weight excluding hydrogens is 411 g/mol. The summed E-state index contributed by atoms with van der Waals surface area (Å²) in [6.07, 6.45) is 2.59. The molecule has 0 radical (unpaired) electrons. The number of nitrogens with zero attached hydrogens (tertiary/aromatic N) is 4. The summed E-state index contributed by atoms with van der Waals surface area (Å²) >= 11 is 12.4. The third-order valence-electron chi connectivity index (χ3n) is 6.34. The summed E-state index contributed by atoms with van der Waals surface area (Å²) in [5.41, 5.74) is 0.457. The molecule has 0 saturated carbocycles. The quantitative estimate of drug-likeness (QED) is 0.799. The van der Waals surface area contributed by atoms with Crippen LogP contribution in [-0.2, 0) is 0 Å². The van der Waals surface area contributed by atoms with Crippen molar-refractivity contribution in [1.82, 2.24) is 14.5 Å². The molecular formula is C21H26Cl2N4O2. The van der Waals surface area contributed by atoms with E-state index in [-0.39, 0.29) is 17.2 Å². The van der Waals surface area contributed by atoms with E-state index in [2.05, 4.69) is 16.7 Å². The molecule has 2 aliphatic heterocycles. The fourth-order valence-corrected chi connectivity index (χ4v) is 4.85. The van der Waals surface area contributed by atoms with Crippen LogP contribution in [0.5, 0.6) is 0 Å². The van der Waals surface area contributed by atoms with Crippen molar-refractivity contribution in [3.63, 3.8) is 0 Å². The second-order valence-electron chi connectivity index (χ2n) is 8.28. The van der Waals surface area contributed by atoms with Crippen molar-refractivity contribution in [3.8, 4) is 5.69 Å². The summed E-state index contributed by atoms with van der Waals surface area (Å²) in [6, 6.07) is 6.80. The minimum atomic E-state index is -0.208. The molecule has 1 atom stereocenters. The molecule has 8 heteroatoms. The first kappa shape index (κ1) is 20.7. The number of rotatable bonds is 3. The van der Waals surface area contributed by atoms with Gasteiger partial charge in [-0.05, 0) is 45.2 Å². The normalized spacial score (nSPS) is 22.2. The largest absolute Gasteiger partial charge is 0.392 e. The zero-order valence-corrected chi connectivity index (χ0v) is 18.2. The van der Waals surface area contributed by atoms with Gasteiger partial charge >= 0.3 is 0 Å². The number of benzene rings is 1. The summed E-state index contributed by atoms with van der Waals surface area (Å²) in [5, 5.41) is 10.6. The van der Waals surface area contributed by atoms with Crippen LogP contribution in [0.4, 0.5) is 5.82 Å². The summed E-state index contributed by atoms with van der Waals surface area (Å²) in [6.45, 7) is 7.45. The zero-order chi connectivity index (χ0) is 20.8. The standard InChI is InChI=1S/C21H26Cl2N4O2/c1-14-24-18(12-19(29)27(14)17-5-3-4-16(22)20(17)23)25-10-7-21(2,8-11-25)26-9-6-15(28)13-26/h3-5,12,15,28H,6-11,13H2,1-2H3/t15-/m1/s1. The summed E-state index contributed by atoms with van der Waals surface area (Å²) in [7, 11) is 0. The Morgan fingerprint density at radius 1 is 1.21 bits per heavy atom. The van der Waals surface area contributed by atoms with Gasteiger partial charge in [0.15, 0.2) is 0 Å². The van der Waals surface area contributed by atoms with Crippen LogP contribution >= 0.6 is 23.2 Å². The molecule has 29 heavy (non-hydrogen) atoms. The van der Waals surface area contributed by atoms with Gasteiger partial charge < -0.3 is 10.0 Å². The molecule has 2 aliphatic rings. The third kappa shape index (κ3) is 3.91. The van der Waals surface area contributed by atoms with E-state index >= 15 is 0 Å². The average Bonchev–Trinajstić information content (AvgIpc) is 3.12. The predicted molar refractivity (Wildman–Crippen MR) is 117 cm³/mol. The molecule has 1 aromatic carbocycles. The molecule has 156 valence electrons. The van der Waals surface area contributed by atoms with Crippen LogP contribution in [-0.4, -0.2) is 57.4 Å². The van der Waals surface area contributed by atoms with E-state index in [0.29, 0.717) is 27.4 Å². The number of halogens is 2. The predicted octanol–water partition coefficient (Wildman–Crippen LogP) is 3.27. The first-order chi connectivity index (χ1) is 13.8. The number of hydrogen-bond acceptors (Lipinski definition) is 5. The van der Waals surface area contributed by atoms with Crippen molar-refractivity contribution in [2.45, 2.75) is 44.8 Å². The van der Waals surface area contributed by atoms with Gasteiger partial charge in [0, 0.05) is 37.8 Å². The van der Waals surface area contributed by atoms with Gasteiger partial charge in [0.05, 0.1) is 21.8 Å². The van der Waals surface area contributed by atoms with Crippen LogP contribution in [0.15, 0.2) is 29.1 Å². The molecule has 0 unspecified atom stereocenters. The third-order valence-corrected chi connectivity index (χ3v) is 7.15. The van der Waals surface area contributed by atoms with E-state index in [4.69, 9.17) is 28.2 Å². The lowest BCUT2D eigenvalue weighted by molar-refractivity contribution is 0.0841. The Balaban J connectivity index is 1.55. The first-order valence-corrected chi connectivity index (χ1v) is 10.8. The van der Waals surface area contributed by atoms with Gasteiger partial charge in [0.1, 0.15) is 11.6 Å². The molecule has 6 nitrogen and oxygen atoms in total. The SMILES string of the molecule is Cc1nc(N2CCC(C)(N3CC[C@@H](O)C3)CC2)cc(=O)n1-c1cccc(Cl)c1Cl. The number of aliphatic hydroxyl groups is 1. The van der Waals surface area contributed by atoms with Crippen molar-refractivity contribution >= 4 is 29.0 Å². The highest BCUT2D eigenvalue weighted by Gasteiger charge is 2.39. The van der Waals surface area contributed by atoms with Gasteiger partial charge in [0.25, 0.3) is 5.56 Å². The van der Waals surface area contributed by atoms with Crippen LogP contribution in [0.2, 0.25) is 10.0 Å². The highest BCUT2D eigenvalue weighted by atomic mass is 35.5. The summed E-state index contributed by atoms with van der Waals surface area (Å²) in [5.74, 6) is 1.28. The number of anilines is 1. The van der Waals surface area contributed by atoms with Gasteiger partial charge in [-0.15, -0.1) is 0 Å². The van der Waals surface area contributed by atoms with Crippen molar-refractivity contribution in [3.05, 3.63) is 50.5 Å². The minimum Gasteiger partial charge on any atom is -0.392 e. The lowest BCUT2D eigenvalue weighted by Gasteiger charge is -2.45. The Bertz CT molecular complexity index is 970. The second-order valence-corrected chi connectivity index (χ2v) is 9.07. The van der Waals surface area contributed by atoms with E-state index in [1.54, 1.807) is 24.3 Å². The van der Waals surface area contributed by atoms with Crippen LogP contribution in [0.1, 0.15) is 32.0 Å². The topological polar surface area (TPSA) is 61.6 Å². The van der Waals surface area contributed by atoms with Gasteiger partial charge in [-0.25, -0.2) is 4.98 Å². The summed E-state index contributed by atoms with van der Waals surface area (Å²) < 4.78 is 1.50. The maximum absolute atomic E-state index is 12.9. The van der Waals surface area contributed by atoms with E-state index < -0.39 is 0 Å². The monoisotopic (exact) mass is 436 g/mol. The number of piperidine rings is 1. The molecule has 2 saturated heterocycles. The molecule has 0 spiro atoms. The van der Waals surface area contributed by atoms with Gasteiger partial charge in [-0.1, -0.05) is 29.3 Å². The number of aryl methyl sites for hydroxylation is 1. The van der Waals surface area contributed by atoms with Crippen molar-refractivity contribution in [1.29, 1.82) is 0 Å². The molecule has 0 amide bonds. The van der Waals surface area contributed by atoms with Crippen LogP contribution < -0.4 is 10.5 Å². The van der Waals surface area contributed by atoms with Crippen molar-refractivity contribution in [2.75, 3.05) is 31.1 Å². The number of likely N-dealkylation sites (tertiary alicyclic amines) is 1. The van der Waals surface area contributed by atoms with Crippen LogP contribution in [0.3, 0.4) is 0 Å². The second kappa shape index (κ2) is 7.91. The summed E-state index contributed by atoms with van der Waals surface area (Å²) in [4.78, 5) is 22.2. The van der Waals surface area contributed by atoms with E-state index in [9.17, 15) is 9.90 Å². The zero-order valence-electron chi connectivity index (χ0n) is 16.7. The van der Waals surface area contributed by atoms with Crippen molar-refractivity contribution in [2.24, 2.45) is 0 Å². The van der Waals surface area contributed by atoms with E-state index in [1.807, 2.05) is 6.92 Å². The van der Waals surface area contributed by atoms with Crippen molar-refractivity contribution < 1.29 is 5.11 Å². The molecule has 3 heterocycles. The highest BCUT2D eigenvalue weighted by Crippen LogP contribution is 2.33. The molecule has 2 aromatic rings. The highest BCUT2D eigenvalue weighted by molar-refractivity contribution is 6.43. The molecule has 0 aliphatic carbocycles. The Kier molecular flexibility index (Phi) is 5.64. The van der Waals surface area contributed by atoms with E-state index in [1.165, 1.54) is 4.57 Å². The maximum Gasteiger partial charge on any atom is 0.260 e. The lowest BCUT2D eigenvalue weighted by atomic mass is 9.88. The number of β-amino-alcohol motifs (C(OH)–C–C–N with tert-alkyl or cyclic N) is 1. The molecule has 2 fully saturated rings. The van der Waals surface area contributed by atoms with Crippen LogP contribution in [0.25, 0.3) is 5.69 Å².